The number of benzene rings is 1. The summed E-state index contributed by atoms with van der Waals surface area (Å²) in [5, 5.41) is 6.07. The minimum Gasteiger partial charge on any atom is -0.493 e. The maximum Gasteiger partial charge on any atom is 0.224 e. The van der Waals surface area contributed by atoms with Gasteiger partial charge >= 0.3 is 0 Å². The average Bonchev–Trinajstić information content (AvgIpc) is 2.47. The highest BCUT2D eigenvalue weighted by atomic mass is 16.5. The Morgan fingerprint density at radius 3 is 2.53 bits per heavy atom. The van der Waals surface area contributed by atoms with E-state index in [1.165, 1.54) is 0 Å². The van der Waals surface area contributed by atoms with Crippen molar-refractivity contribution in [3.8, 4) is 11.5 Å². The van der Waals surface area contributed by atoms with E-state index in [0.717, 1.165) is 5.69 Å². The number of ether oxygens (including phenoxy) is 2. The van der Waals surface area contributed by atoms with Gasteiger partial charge in [0.05, 0.1) is 14.2 Å². The normalized spacial score (nSPS) is 9.84. The zero-order chi connectivity index (χ0) is 13.7. The summed E-state index contributed by atoms with van der Waals surface area (Å²) < 4.78 is 10.4. The molecule has 2 N–H and O–H groups in total. The quantitative estimate of drug-likeness (QED) is 0.859. The van der Waals surface area contributed by atoms with Crippen LogP contribution in [0.5, 0.6) is 11.5 Å². The summed E-state index contributed by atoms with van der Waals surface area (Å²) in [6.45, 7) is 0. The van der Waals surface area contributed by atoms with Crippen LogP contribution < -0.4 is 20.1 Å². The molecule has 0 fully saturated rings. The molecule has 2 aromatic rings. The molecule has 1 heterocycles. The van der Waals surface area contributed by atoms with E-state index in [4.69, 9.17) is 9.47 Å². The molecule has 0 spiro atoms. The Bertz CT molecular complexity index is 560. The minimum atomic E-state index is 0.561. The number of methoxy groups -OCH3 is 2. The average molecular weight is 260 g/mol. The van der Waals surface area contributed by atoms with Crippen molar-refractivity contribution in [2.45, 2.75) is 0 Å². The van der Waals surface area contributed by atoms with Gasteiger partial charge in [0, 0.05) is 25.0 Å². The molecule has 0 amide bonds. The molecule has 6 heteroatoms. The molecule has 0 aliphatic heterocycles. The van der Waals surface area contributed by atoms with Gasteiger partial charge < -0.3 is 20.1 Å². The highest BCUT2D eigenvalue weighted by molar-refractivity contribution is 5.61. The van der Waals surface area contributed by atoms with Crippen LogP contribution in [0.4, 0.5) is 17.5 Å². The molecule has 0 saturated heterocycles. The first-order chi connectivity index (χ1) is 9.26. The smallest absolute Gasteiger partial charge is 0.224 e. The minimum absolute atomic E-state index is 0.561. The second-order valence-corrected chi connectivity index (χ2v) is 3.71. The number of hydrogen-bond acceptors (Lipinski definition) is 6. The van der Waals surface area contributed by atoms with Crippen molar-refractivity contribution in [2.75, 3.05) is 31.9 Å². The second kappa shape index (κ2) is 5.90. The van der Waals surface area contributed by atoms with Crippen molar-refractivity contribution in [1.82, 2.24) is 9.97 Å². The van der Waals surface area contributed by atoms with Crippen molar-refractivity contribution in [1.29, 1.82) is 0 Å². The van der Waals surface area contributed by atoms with Crippen LogP contribution in [0.1, 0.15) is 0 Å². The van der Waals surface area contributed by atoms with E-state index in [-0.39, 0.29) is 0 Å². The van der Waals surface area contributed by atoms with E-state index in [1.807, 2.05) is 18.2 Å². The molecule has 2 rings (SSSR count). The van der Waals surface area contributed by atoms with Gasteiger partial charge in [-0.1, -0.05) is 0 Å². The third kappa shape index (κ3) is 3.04. The van der Waals surface area contributed by atoms with Gasteiger partial charge in [-0.05, 0) is 18.2 Å². The van der Waals surface area contributed by atoms with Gasteiger partial charge in [0.25, 0.3) is 0 Å². The van der Waals surface area contributed by atoms with Gasteiger partial charge in [-0.3, -0.25) is 0 Å². The molecular formula is C13H16N4O2. The molecule has 0 atom stereocenters. The molecule has 0 radical (unpaired) electrons. The molecule has 1 aromatic carbocycles. The van der Waals surface area contributed by atoms with E-state index < -0.39 is 0 Å². The van der Waals surface area contributed by atoms with Crippen LogP contribution in [-0.4, -0.2) is 31.2 Å². The fraction of sp³-hybridized carbons (Fsp3) is 0.231. The summed E-state index contributed by atoms with van der Waals surface area (Å²) in [6, 6.07) is 7.36. The molecule has 0 aliphatic carbocycles. The van der Waals surface area contributed by atoms with Crippen LogP contribution in [0.2, 0.25) is 0 Å². The number of aromatic nitrogens is 2. The summed E-state index contributed by atoms with van der Waals surface area (Å²) >= 11 is 0. The molecule has 0 saturated carbocycles. The lowest BCUT2D eigenvalue weighted by Crippen LogP contribution is -2.00. The summed E-state index contributed by atoms with van der Waals surface area (Å²) in [6.07, 6.45) is 1.68. The highest BCUT2D eigenvalue weighted by Gasteiger charge is 2.05. The Hall–Kier alpha value is -2.50. The second-order valence-electron chi connectivity index (χ2n) is 3.71. The van der Waals surface area contributed by atoms with Crippen LogP contribution in [0, 0.1) is 0 Å². The third-order valence-corrected chi connectivity index (χ3v) is 2.54. The predicted octanol–water partition coefficient (Wildman–Crippen LogP) is 2.28. The van der Waals surface area contributed by atoms with Gasteiger partial charge in [-0.25, -0.2) is 4.98 Å². The van der Waals surface area contributed by atoms with Gasteiger partial charge in [0.1, 0.15) is 5.82 Å². The van der Waals surface area contributed by atoms with E-state index in [1.54, 1.807) is 33.5 Å². The van der Waals surface area contributed by atoms with Crippen LogP contribution >= 0.6 is 0 Å². The molecule has 0 aliphatic rings. The fourth-order valence-corrected chi connectivity index (χ4v) is 1.61. The van der Waals surface area contributed by atoms with E-state index in [9.17, 15) is 0 Å². The largest absolute Gasteiger partial charge is 0.493 e. The van der Waals surface area contributed by atoms with Crippen molar-refractivity contribution < 1.29 is 9.47 Å². The molecule has 6 nitrogen and oxygen atoms in total. The van der Waals surface area contributed by atoms with Crippen molar-refractivity contribution in [3.05, 3.63) is 30.5 Å². The van der Waals surface area contributed by atoms with Crippen LogP contribution in [0.25, 0.3) is 0 Å². The van der Waals surface area contributed by atoms with Crippen molar-refractivity contribution >= 4 is 17.5 Å². The Morgan fingerprint density at radius 2 is 1.84 bits per heavy atom. The Morgan fingerprint density at radius 1 is 1.05 bits per heavy atom. The first kappa shape index (κ1) is 12.9. The van der Waals surface area contributed by atoms with Crippen molar-refractivity contribution in [3.63, 3.8) is 0 Å². The standard InChI is InChI=1S/C13H16N4O2/c1-14-13-15-7-6-12(17-13)16-9-4-5-10(18-2)11(8-9)19-3/h4-8H,1-3H3,(H2,14,15,16,17). The Labute approximate surface area is 111 Å². The van der Waals surface area contributed by atoms with E-state index in [2.05, 4.69) is 20.6 Å². The number of anilines is 3. The number of rotatable bonds is 5. The Kier molecular flexibility index (Phi) is 4.02. The lowest BCUT2D eigenvalue weighted by atomic mass is 10.2. The molecule has 1 aromatic heterocycles. The van der Waals surface area contributed by atoms with Crippen LogP contribution in [0.15, 0.2) is 30.5 Å². The maximum atomic E-state index is 5.25. The van der Waals surface area contributed by atoms with Gasteiger partial charge in [-0.2, -0.15) is 4.98 Å². The molecule has 0 bridgehead atoms. The monoisotopic (exact) mass is 260 g/mol. The molecular weight excluding hydrogens is 244 g/mol. The zero-order valence-electron chi connectivity index (χ0n) is 11.1. The first-order valence-electron chi connectivity index (χ1n) is 5.76. The Balaban J connectivity index is 2.22. The first-order valence-corrected chi connectivity index (χ1v) is 5.76. The number of hydrogen-bond donors (Lipinski definition) is 2. The predicted molar refractivity (Wildman–Crippen MR) is 74.4 cm³/mol. The van der Waals surface area contributed by atoms with Crippen LogP contribution in [0.3, 0.4) is 0 Å². The number of nitrogens with zero attached hydrogens (tertiary/aromatic N) is 2. The topological polar surface area (TPSA) is 68.3 Å². The summed E-state index contributed by atoms with van der Waals surface area (Å²) in [4.78, 5) is 8.33. The summed E-state index contributed by atoms with van der Waals surface area (Å²) in [5.74, 6) is 2.61. The van der Waals surface area contributed by atoms with Gasteiger partial charge in [-0.15, -0.1) is 0 Å². The maximum absolute atomic E-state index is 5.25. The molecule has 100 valence electrons. The zero-order valence-corrected chi connectivity index (χ0v) is 11.1. The van der Waals surface area contributed by atoms with E-state index >= 15 is 0 Å². The molecule has 19 heavy (non-hydrogen) atoms. The van der Waals surface area contributed by atoms with Gasteiger partial charge in [0.2, 0.25) is 5.95 Å². The van der Waals surface area contributed by atoms with Crippen molar-refractivity contribution in [2.24, 2.45) is 0 Å². The molecule has 0 unspecified atom stereocenters. The highest BCUT2D eigenvalue weighted by Crippen LogP contribution is 2.30. The third-order valence-electron chi connectivity index (χ3n) is 2.54. The lowest BCUT2D eigenvalue weighted by Gasteiger charge is -2.11. The SMILES string of the molecule is CNc1nccc(Nc2ccc(OC)c(OC)c2)n1. The summed E-state index contributed by atoms with van der Waals surface area (Å²) in [7, 11) is 4.98. The van der Waals surface area contributed by atoms with E-state index in [0.29, 0.717) is 23.3 Å². The summed E-state index contributed by atoms with van der Waals surface area (Å²) in [5.41, 5.74) is 0.860. The number of nitrogens with one attached hydrogen (secondary N) is 2. The van der Waals surface area contributed by atoms with Gasteiger partial charge in [0.15, 0.2) is 11.5 Å². The lowest BCUT2D eigenvalue weighted by molar-refractivity contribution is 0.355. The fourth-order valence-electron chi connectivity index (χ4n) is 1.61. The van der Waals surface area contributed by atoms with Crippen LogP contribution in [-0.2, 0) is 0 Å².